The smallest absolute Gasteiger partial charge is 0.407 e. The van der Waals surface area contributed by atoms with Crippen LogP contribution >= 0.6 is 0 Å². The van der Waals surface area contributed by atoms with E-state index in [1.807, 2.05) is 55.7 Å². The van der Waals surface area contributed by atoms with Crippen LogP contribution in [0.25, 0.3) is 11.1 Å². The van der Waals surface area contributed by atoms with E-state index in [1.165, 1.54) is 19.1 Å². The van der Waals surface area contributed by atoms with Crippen molar-refractivity contribution in [3.05, 3.63) is 126 Å². The molecule has 5 rings (SSSR count). The van der Waals surface area contributed by atoms with Gasteiger partial charge in [0.05, 0.1) is 65.5 Å². The summed E-state index contributed by atoms with van der Waals surface area (Å²) in [5.41, 5.74) is 2.07. The van der Waals surface area contributed by atoms with Crippen molar-refractivity contribution in [3.63, 3.8) is 0 Å². The van der Waals surface area contributed by atoms with E-state index in [0.29, 0.717) is 62.9 Å². The summed E-state index contributed by atoms with van der Waals surface area (Å²) in [5, 5.41) is 13.7. The van der Waals surface area contributed by atoms with Crippen LogP contribution in [-0.4, -0.2) is 168 Å². The monoisotopic (exact) mass is 1240 g/mol. The highest BCUT2D eigenvalue weighted by Crippen LogP contribution is 2.42. The van der Waals surface area contributed by atoms with Gasteiger partial charge in [0.2, 0.25) is 23.6 Å². The lowest BCUT2D eigenvalue weighted by molar-refractivity contribution is -0.137. The molecule has 1 aliphatic heterocycles. The zero-order valence-corrected chi connectivity index (χ0v) is 53.2. The lowest BCUT2D eigenvalue weighted by atomic mass is 9.82. The number of halogens is 2. The first kappa shape index (κ1) is 71.1. The average molecular weight is 1240 g/mol. The van der Waals surface area contributed by atoms with E-state index in [4.69, 9.17) is 23.7 Å². The maximum absolute atomic E-state index is 15.5. The molecule has 24 heteroatoms. The number of nitrogens with zero attached hydrogens (tertiary/aromatic N) is 3. The number of imide groups is 1. The Morgan fingerprint density at radius 3 is 1.92 bits per heavy atom. The molecule has 0 bridgehead atoms. The Morgan fingerprint density at radius 1 is 0.682 bits per heavy atom. The molecule has 0 aliphatic carbocycles. The molecular formula is C64H88F2N8O13Si. The number of rotatable bonds is 37. The number of alkyl carbamates (subject to hydrolysis) is 1. The zero-order chi connectivity index (χ0) is 64.4. The molecule has 3 unspecified atom stereocenters. The largest absolute Gasteiger partial charge is 0.450 e. The Balaban J connectivity index is 1.11. The Hall–Kier alpha value is -7.64. The molecule has 1 aromatic heterocycles. The molecule has 2 heterocycles. The number of ether oxygens (including phenoxy) is 5. The second-order valence-corrected chi connectivity index (χ2v) is 29.6. The van der Waals surface area contributed by atoms with E-state index in [-0.39, 0.29) is 94.3 Å². The Morgan fingerprint density at radius 2 is 1.31 bits per heavy atom. The second-order valence-electron chi connectivity index (χ2n) is 23.9. The van der Waals surface area contributed by atoms with Crippen LogP contribution in [0.1, 0.15) is 88.5 Å². The molecule has 5 N–H and O–H groups in total. The molecule has 8 amide bonds. The van der Waals surface area contributed by atoms with Crippen molar-refractivity contribution < 1.29 is 70.8 Å². The number of anilines is 1. The van der Waals surface area contributed by atoms with Crippen molar-refractivity contribution in [1.29, 1.82) is 0 Å². The molecular weight excluding hydrogens is 1150 g/mol. The molecule has 21 nitrogen and oxygen atoms in total. The number of nitrogens with one attached hydrogen (secondary N) is 5. The van der Waals surface area contributed by atoms with Gasteiger partial charge >= 0.3 is 6.09 Å². The topological polar surface area (TPSA) is 254 Å². The molecule has 0 saturated heterocycles. The molecule has 0 radical (unpaired) electrons. The van der Waals surface area contributed by atoms with E-state index >= 15 is 9.18 Å². The predicted molar refractivity (Wildman–Crippen MR) is 332 cm³/mol. The maximum Gasteiger partial charge on any atom is 0.407 e. The summed E-state index contributed by atoms with van der Waals surface area (Å²) in [4.78, 5) is 106. The highest BCUT2D eigenvalue weighted by molar-refractivity contribution is 6.76. The van der Waals surface area contributed by atoms with Gasteiger partial charge in [-0.1, -0.05) is 84.6 Å². The minimum absolute atomic E-state index is 0.000994. The second kappa shape index (κ2) is 35.4. The quantitative estimate of drug-likeness (QED) is 0.0166. The summed E-state index contributed by atoms with van der Waals surface area (Å²) in [5.74, 6) is -4.61. The molecule has 0 saturated carbocycles. The number of carbonyl (C=O) groups excluding carboxylic acids is 8. The van der Waals surface area contributed by atoms with Gasteiger partial charge in [0.25, 0.3) is 17.7 Å². The third-order valence-corrected chi connectivity index (χ3v) is 15.7. The molecule has 1 aliphatic rings. The van der Waals surface area contributed by atoms with Crippen LogP contribution in [0.5, 0.6) is 0 Å². The number of benzene rings is 3. The fraction of sp³-hybridized carbons (Fsp3) is 0.500. The van der Waals surface area contributed by atoms with Crippen LogP contribution in [0.4, 0.5) is 19.3 Å². The van der Waals surface area contributed by atoms with Gasteiger partial charge in [0.15, 0.2) is 0 Å². The first-order valence-corrected chi connectivity index (χ1v) is 33.5. The molecule has 0 spiro atoms. The fourth-order valence-electron chi connectivity index (χ4n) is 9.30. The molecule has 3 atom stereocenters. The molecule has 480 valence electrons. The summed E-state index contributed by atoms with van der Waals surface area (Å²) >= 11 is 0. The molecule has 0 fully saturated rings. The Kier molecular flexibility index (Phi) is 28.6. The van der Waals surface area contributed by atoms with Crippen molar-refractivity contribution in [1.82, 2.24) is 35.6 Å². The highest BCUT2D eigenvalue weighted by Gasteiger charge is 2.38. The number of amides is 8. The van der Waals surface area contributed by atoms with Crippen LogP contribution in [0.2, 0.25) is 25.7 Å². The fourth-order valence-corrected chi connectivity index (χ4v) is 10.0. The molecule has 3 aromatic carbocycles. The van der Waals surface area contributed by atoms with Gasteiger partial charge in [0, 0.05) is 100 Å². The van der Waals surface area contributed by atoms with Crippen molar-refractivity contribution in [3.8, 4) is 11.1 Å². The SMILES string of the molecule is CC(NC(=O)C(NC(=O)CCOCCOCCOCCOCCNC(=O)CCN1C(=O)C=CC1=O)C(C)C)C(=O)Nc1ccc(C(=O)N(CCCNC(=O)OCC[Si](C)(C)C)C(c2cc(-c3cc(F)ccc3F)cn2Cc2ccccc2)C(C)(C)C)cc1. The summed E-state index contributed by atoms with van der Waals surface area (Å²) < 4.78 is 59.6. The van der Waals surface area contributed by atoms with Crippen LogP contribution in [-0.2, 0) is 59.0 Å². The van der Waals surface area contributed by atoms with Crippen molar-refractivity contribution in [2.75, 3.05) is 91.0 Å². The van der Waals surface area contributed by atoms with Crippen molar-refractivity contribution >= 4 is 61.2 Å². The number of aromatic nitrogens is 1. The van der Waals surface area contributed by atoms with Crippen molar-refractivity contribution in [2.45, 2.75) is 111 Å². The van der Waals surface area contributed by atoms with E-state index in [9.17, 15) is 38.0 Å². The number of carbonyl (C=O) groups is 8. The van der Waals surface area contributed by atoms with Crippen LogP contribution in [0.3, 0.4) is 0 Å². The minimum atomic E-state index is -1.45. The summed E-state index contributed by atoms with van der Waals surface area (Å²) in [7, 11) is -1.45. The van der Waals surface area contributed by atoms with Gasteiger partial charge in [-0.15, -0.1) is 0 Å². The van der Waals surface area contributed by atoms with Gasteiger partial charge in [-0.05, 0) is 84.8 Å². The third kappa shape index (κ3) is 24.1. The highest BCUT2D eigenvalue weighted by atomic mass is 28.3. The summed E-state index contributed by atoms with van der Waals surface area (Å²) in [6.07, 6.45) is 3.86. The first-order valence-electron chi connectivity index (χ1n) is 29.8. The van der Waals surface area contributed by atoms with Gasteiger partial charge in [-0.3, -0.25) is 38.5 Å². The van der Waals surface area contributed by atoms with Gasteiger partial charge in [-0.2, -0.15) is 0 Å². The first-order chi connectivity index (χ1) is 41.8. The predicted octanol–water partition coefficient (Wildman–Crippen LogP) is 7.64. The lowest BCUT2D eigenvalue weighted by Gasteiger charge is -2.41. The summed E-state index contributed by atoms with van der Waals surface area (Å²) in [6, 6.07) is 19.2. The van der Waals surface area contributed by atoms with E-state index in [1.54, 1.807) is 55.3 Å². The van der Waals surface area contributed by atoms with Gasteiger partial charge < -0.3 is 59.7 Å². The minimum Gasteiger partial charge on any atom is -0.450 e. The Bertz CT molecular complexity index is 2970. The van der Waals surface area contributed by atoms with Crippen molar-refractivity contribution in [2.24, 2.45) is 11.3 Å². The average Bonchev–Trinajstić information content (AvgIpc) is 1.64. The lowest BCUT2D eigenvalue weighted by Crippen LogP contribution is -2.53. The van der Waals surface area contributed by atoms with E-state index < -0.39 is 78.9 Å². The van der Waals surface area contributed by atoms with Crippen LogP contribution in [0, 0.1) is 23.0 Å². The van der Waals surface area contributed by atoms with Gasteiger partial charge in [-0.25, -0.2) is 13.6 Å². The Labute approximate surface area is 515 Å². The summed E-state index contributed by atoms with van der Waals surface area (Å²) in [6.45, 7) is 20.9. The zero-order valence-electron chi connectivity index (χ0n) is 52.2. The van der Waals surface area contributed by atoms with Gasteiger partial charge in [0.1, 0.15) is 23.7 Å². The van der Waals surface area contributed by atoms with E-state index in [2.05, 4.69) is 46.2 Å². The normalized spacial score (nSPS) is 13.5. The standard InChI is InChI=1S/C64H88F2N8O13Si/c1-44(2)58(71-55(76)25-30-83-32-34-85-36-37-86-35-33-84-31-27-67-54(75)24-29-73-56(77)22-23-57(73)78)61(80)69-45(3)60(79)70-50-19-16-47(17-20-50)62(81)74(28-13-26-68-63(82)87-38-39-88(7,8)9)59(64(4,5)6)53-40-48(51-41-49(65)18-21-52(51)66)43-72(53)42-46-14-11-10-12-15-46/h10-12,14-23,40-41,43-45,58-59H,13,24-39,42H2,1-9H3,(H,67,75)(H,68,82)(H,69,80)(H,70,79)(H,71,76). The number of hydrogen-bond acceptors (Lipinski definition) is 13. The van der Waals surface area contributed by atoms with Crippen LogP contribution in [0.15, 0.2) is 97.2 Å². The molecule has 4 aromatic rings. The van der Waals surface area contributed by atoms with E-state index in [0.717, 1.165) is 34.7 Å². The maximum atomic E-state index is 15.5. The molecule has 88 heavy (non-hydrogen) atoms. The number of hydrogen-bond donors (Lipinski definition) is 5. The third-order valence-electron chi connectivity index (χ3n) is 14.0. The van der Waals surface area contributed by atoms with Crippen LogP contribution < -0.4 is 26.6 Å².